The van der Waals surface area contributed by atoms with E-state index in [1.807, 2.05) is 0 Å². The summed E-state index contributed by atoms with van der Waals surface area (Å²) in [7, 11) is 2.14. The van der Waals surface area contributed by atoms with Crippen molar-refractivity contribution in [3.63, 3.8) is 0 Å². The summed E-state index contributed by atoms with van der Waals surface area (Å²) >= 11 is 0. The summed E-state index contributed by atoms with van der Waals surface area (Å²) in [5.41, 5.74) is 0.542. The van der Waals surface area contributed by atoms with E-state index < -0.39 is 0 Å². The monoisotopic (exact) mass is 293 g/mol. The van der Waals surface area contributed by atoms with Gasteiger partial charge in [0.25, 0.3) is 0 Å². The van der Waals surface area contributed by atoms with Crippen LogP contribution in [-0.4, -0.2) is 61.7 Å². The minimum Gasteiger partial charge on any atom is -0.319 e. The SMILES string of the molecule is CNCC1(CN2CC3CCCN3CC2C)CCCCCC1. The molecule has 0 aromatic carbocycles. The van der Waals surface area contributed by atoms with Gasteiger partial charge in [-0.2, -0.15) is 0 Å². The van der Waals surface area contributed by atoms with Gasteiger partial charge in [-0.3, -0.25) is 9.80 Å². The molecule has 3 nitrogen and oxygen atoms in total. The summed E-state index contributed by atoms with van der Waals surface area (Å²) in [5, 5.41) is 3.52. The second-order valence-corrected chi connectivity index (χ2v) is 8.01. The molecule has 2 heterocycles. The van der Waals surface area contributed by atoms with Crippen LogP contribution in [-0.2, 0) is 0 Å². The molecule has 3 aliphatic rings. The molecule has 0 radical (unpaired) electrons. The molecule has 0 amide bonds. The molecule has 1 aliphatic carbocycles. The number of hydrogen-bond donors (Lipinski definition) is 1. The van der Waals surface area contributed by atoms with Gasteiger partial charge in [0.1, 0.15) is 0 Å². The molecule has 21 heavy (non-hydrogen) atoms. The number of fused-ring (bicyclic) bond motifs is 1. The number of rotatable bonds is 4. The molecule has 2 aliphatic heterocycles. The van der Waals surface area contributed by atoms with Crippen LogP contribution in [0.5, 0.6) is 0 Å². The van der Waals surface area contributed by atoms with Crippen LogP contribution in [0.25, 0.3) is 0 Å². The Morgan fingerprint density at radius 2 is 1.81 bits per heavy atom. The van der Waals surface area contributed by atoms with E-state index >= 15 is 0 Å². The third-order valence-corrected chi connectivity index (χ3v) is 6.32. The Bertz CT molecular complexity index is 322. The van der Waals surface area contributed by atoms with E-state index in [0.717, 1.165) is 12.1 Å². The van der Waals surface area contributed by atoms with E-state index in [1.165, 1.54) is 84.1 Å². The van der Waals surface area contributed by atoms with E-state index in [-0.39, 0.29) is 0 Å². The summed E-state index contributed by atoms with van der Waals surface area (Å²) in [6.07, 6.45) is 11.5. The van der Waals surface area contributed by atoms with E-state index in [0.29, 0.717) is 5.41 Å². The highest BCUT2D eigenvalue weighted by molar-refractivity contribution is 4.94. The van der Waals surface area contributed by atoms with Crippen LogP contribution in [0.4, 0.5) is 0 Å². The van der Waals surface area contributed by atoms with Gasteiger partial charge in [-0.05, 0) is 51.6 Å². The first-order valence-electron chi connectivity index (χ1n) is 9.35. The predicted molar refractivity (Wildman–Crippen MR) is 89.7 cm³/mol. The number of nitrogens with one attached hydrogen (secondary N) is 1. The molecule has 0 spiro atoms. The van der Waals surface area contributed by atoms with Crippen molar-refractivity contribution in [2.24, 2.45) is 5.41 Å². The molecule has 0 aromatic heterocycles. The minimum absolute atomic E-state index is 0.542. The lowest BCUT2D eigenvalue weighted by Gasteiger charge is -2.47. The fourth-order valence-corrected chi connectivity index (χ4v) is 5.14. The summed E-state index contributed by atoms with van der Waals surface area (Å²) in [6.45, 7) is 8.99. The van der Waals surface area contributed by atoms with Gasteiger partial charge >= 0.3 is 0 Å². The number of piperazine rings is 1. The first kappa shape index (κ1) is 15.8. The lowest BCUT2D eigenvalue weighted by molar-refractivity contribution is 0.0207. The zero-order valence-electron chi connectivity index (χ0n) is 14.2. The normalized spacial score (nSPS) is 34.6. The van der Waals surface area contributed by atoms with Crippen LogP contribution in [0.3, 0.4) is 0 Å². The molecule has 0 bridgehead atoms. The molecule has 3 heteroatoms. The molecule has 0 aromatic rings. The van der Waals surface area contributed by atoms with Crippen molar-refractivity contribution in [1.82, 2.24) is 15.1 Å². The van der Waals surface area contributed by atoms with Crippen molar-refractivity contribution in [3.8, 4) is 0 Å². The van der Waals surface area contributed by atoms with Gasteiger partial charge in [0.05, 0.1) is 0 Å². The first-order valence-corrected chi connectivity index (χ1v) is 9.35. The van der Waals surface area contributed by atoms with Crippen molar-refractivity contribution in [1.29, 1.82) is 0 Å². The van der Waals surface area contributed by atoms with Crippen LogP contribution < -0.4 is 5.32 Å². The van der Waals surface area contributed by atoms with Crippen molar-refractivity contribution < 1.29 is 0 Å². The summed E-state index contributed by atoms with van der Waals surface area (Å²) in [5.74, 6) is 0. The zero-order chi connectivity index (χ0) is 14.7. The zero-order valence-corrected chi connectivity index (χ0v) is 14.2. The Morgan fingerprint density at radius 1 is 1.05 bits per heavy atom. The van der Waals surface area contributed by atoms with Gasteiger partial charge in [-0.25, -0.2) is 0 Å². The Kier molecular flexibility index (Phi) is 5.23. The fraction of sp³-hybridized carbons (Fsp3) is 1.00. The van der Waals surface area contributed by atoms with E-state index in [1.54, 1.807) is 0 Å². The maximum atomic E-state index is 3.52. The molecule has 2 atom stereocenters. The van der Waals surface area contributed by atoms with Crippen LogP contribution >= 0.6 is 0 Å². The van der Waals surface area contributed by atoms with Crippen LogP contribution in [0.2, 0.25) is 0 Å². The van der Waals surface area contributed by atoms with Crippen molar-refractivity contribution in [2.75, 3.05) is 39.8 Å². The van der Waals surface area contributed by atoms with Crippen molar-refractivity contribution >= 4 is 0 Å². The smallest absolute Gasteiger partial charge is 0.0224 e. The Balaban J connectivity index is 1.66. The highest BCUT2D eigenvalue weighted by atomic mass is 15.3. The lowest BCUT2D eigenvalue weighted by atomic mass is 9.79. The predicted octanol–water partition coefficient (Wildman–Crippen LogP) is 2.71. The molecular formula is C18H35N3. The first-order chi connectivity index (χ1) is 10.2. The summed E-state index contributed by atoms with van der Waals surface area (Å²) in [6, 6.07) is 1.61. The van der Waals surface area contributed by atoms with E-state index in [9.17, 15) is 0 Å². The lowest BCUT2D eigenvalue weighted by Crippen LogP contribution is -2.58. The van der Waals surface area contributed by atoms with Crippen molar-refractivity contribution in [2.45, 2.75) is 70.4 Å². The number of hydrogen-bond acceptors (Lipinski definition) is 3. The maximum Gasteiger partial charge on any atom is 0.0224 e. The van der Waals surface area contributed by atoms with Gasteiger partial charge in [-0.15, -0.1) is 0 Å². The average Bonchev–Trinajstić information content (AvgIpc) is 2.78. The average molecular weight is 293 g/mol. The van der Waals surface area contributed by atoms with Crippen molar-refractivity contribution in [3.05, 3.63) is 0 Å². The summed E-state index contributed by atoms with van der Waals surface area (Å²) < 4.78 is 0. The number of nitrogens with zero attached hydrogens (tertiary/aromatic N) is 2. The third-order valence-electron chi connectivity index (χ3n) is 6.32. The van der Waals surface area contributed by atoms with Crippen LogP contribution in [0.15, 0.2) is 0 Å². The molecular weight excluding hydrogens is 258 g/mol. The van der Waals surface area contributed by atoms with Crippen LogP contribution in [0.1, 0.15) is 58.3 Å². The summed E-state index contributed by atoms with van der Waals surface area (Å²) in [4.78, 5) is 5.59. The van der Waals surface area contributed by atoms with Gasteiger partial charge in [0, 0.05) is 38.3 Å². The standard InChI is InChI=1S/C18H35N3/c1-16-12-20-11-7-8-17(20)13-21(16)15-18(14-19-2)9-5-3-4-6-10-18/h16-17,19H,3-15H2,1-2H3. The topological polar surface area (TPSA) is 18.5 Å². The van der Waals surface area contributed by atoms with Crippen LogP contribution in [0, 0.1) is 5.41 Å². The largest absolute Gasteiger partial charge is 0.319 e. The minimum atomic E-state index is 0.542. The molecule has 3 fully saturated rings. The quantitative estimate of drug-likeness (QED) is 0.804. The second-order valence-electron chi connectivity index (χ2n) is 8.01. The maximum absolute atomic E-state index is 3.52. The Morgan fingerprint density at radius 3 is 2.52 bits per heavy atom. The van der Waals surface area contributed by atoms with Gasteiger partial charge in [0.2, 0.25) is 0 Å². The van der Waals surface area contributed by atoms with Gasteiger partial charge < -0.3 is 5.32 Å². The highest BCUT2D eigenvalue weighted by Gasteiger charge is 2.39. The van der Waals surface area contributed by atoms with E-state index in [4.69, 9.17) is 0 Å². The Labute approximate surface area is 131 Å². The molecule has 1 saturated carbocycles. The second kappa shape index (κ2) is 6.97. The molecule has 2 unspecified atom stereocenters. The third kappa shape index (κ3) is 3.62. The Hall–Kier alpha value is -0.120. The van der Waals surface area contributed by atoms with Gasteiger partial charge in [-0.1, -0.05) is 25.7 Å². The fourth-order valence-electron chi connectivity index (χ4n) is 5.14. The van der Waals surface area contributed by atoms with E-state index in [2.05, 4.69) is 29.1 Å². The molecule has 1 N–H and O–H groups in total. The molecule has 3 rings (SSSR count). The molecule has 122 valence electrons. The highest BCUT2D eigenvalue weighted by Crippen LogP contribution is 2.37. The van der Waals surface area contributed by atoms with Gasteiger partial charge in [0.15, 0.2) is 0 Å². The molecule has 2 saturated heterocycles.